The molecular formula is C36H40BrN3O5S. The summed E-state index contributed by atoms with van der Waals surface area (Å²) in [5, 5.41) is 3.01. The van der Waals surface area contributed by atoms with E-state index in [9.17, 15) is 18.0 Å². The molecule has 0 aliphatic carbocycles. The fourth-order valence-electron chi connectivity index (χ4n) is 4.89. The van der Waals surface area contributed by atoms with Gasteiger partial charge in [-0.05, 0) is 60.4 Å². The molecule has 8 nitrogen and oxygen atoms in total. The lowest BCUT2D eigenvalue weighted by molar-refractivity contribution is -0.140. The van der Waals surface area contributed by atoms with Gasteiger partial charge in [-0.2, -0.15) is 0 Å². The second kappa shape index (κ2) is 15.9. The minimum absolute atomic E-state index is 0.0451. The van der Waals surface area contributed by atoms with Crippen LogP contribution in [0.15, 0.2) is 112 Å². The van der Waals surface area contributed by atoms with Crippen LogP contribution in [-0.2, 0) is 32.6 Å². The van der Waals surface area contributed by atoms with E-state index < -0.39 is 28.5 Å². The Morgan fingerprint density at radius 2 is 1.54 bits per heavy atom. The highest BCUT2D eigenvalue weighted by Gasteiger charge is 2.34. The van der Waals surface area contributed by atoms with Crippen molar-refractivity contribution in [3.8, 4) is 5.75 Å². The predicted octanol–water partition coefficient (Wildman–Crippen LogP) is 6.37. The number of amides is 2. The van der Waals surface area contributed by atoms with Crippen LogP contribution in [0.25, 0.3) is 0 Å². The van der Waals surface area contributed by atoms with Crippen molar-refractivity contribution in [2.24, 2.45) is 5.92 Å². The van der Waals surface area contributed by atoms with Gasteiger partial charge in [-0.1, -0.05) is 96.0 Å². The highest BCUT2D eigenvalue weighted by Crippen LogP contribution is 2.28. The molecule has 0 aromatic heterocycles. The molecule has 242 valence electrons. The molecule has 0 radical (unpaired) electrons. The zero-order valence-electron chi connectivity index (χ0n) is 26.5. The average molecular weight is 707 g/mol. The Hall–Kier alpha value is -4.15. The highest BCUT2D eigenvalue weighted by molar-refractivity contribution is 9.10. The summed E-state index contributed by atoms with van der Waals surface area (Å²) in [7, 11) is -2.71. The van der Waals surface area contributed by atoms with E-state index in [0.29, 0.717) is 12.3 Å². The van der Waals surface area contributed by atoms with Gasteiger partial charge in [0.05, 0.1) is 17.7 Å². The minimum atomic E-state index is -4.21. The number of rotatable bonds is 14. The molecule has 4 aromatic rings. The number of nitrogens with one attached hydrogen (secondary N) is 1. The topological polar surface area (TPSA) is 96.0 Å². The highest BCUT2D eigenvalue weighted by atomic mass is 79.9. The molecule has 0 spiro atoms. The molecule has 10 heteroatoms. The molecule has 0 fully saturated rings. The van der Waals surface area contributed by atoms with E-state index in [1.807, 2.05) is 75.4 Å². The SMILES string of the molecule is COc1cccc(N(CC(=O)N(Cc2ccc(Br)cc2)[C@@H](Cc2ccccc2)C(=O)NCC(C)C)S(=O)(=O)c2ccc(C)cc2)c1. The van der Waals surface area contributed by atoms with Crippen molar-refractivity contribution in [3.63, 3.8) is 0 Å². The molecule has 0 aliphatic heterocycles. The zero-order chi connectivity index (χ0) is 33.3. The fraction of sp³-hybridized carbons (Fsp3) is 0.278. The molecule has 2 amide bonds. The molecule has 0 saturated carbocycles. The van der Waals surface area contributed by atoms with Crippen LogP contribution in [0.5, 0.6) is 5.75 Å². The standard InChI is InChI=1S/C36H40BrN3O5S/c1-26(2)23-38-36(42)34(21-28-9-6-5-7-10-28)39(24-29-15-17-30(37)18-16-29)35(41)25-40(31-11-8-12-32(22-31)45-4)46(43,44)33-19-13-27(3)14-20-33/h5-20,22,26,34H,21,23-25H2,1-4H3,(H,38,42)/t34-/m0/s1. The molecule has 4 rings (SSSR count). The number of sulfonamides is 1. The van der Waals surface area contributed by atoms with Crippen LogP contribution in [-0.4, -0.2) is 51.4 Å². The van der Waals surface area contributed by atoms with E-state index in [1.54, 1.807) is 36.4 Å². The number of benzene rings is 4. The number of carbonyl (C=O) groups excluding carboxylic acids is 2. The van der Waals surface area contributed by atoms with Gasteiger partial charge in [0.15, 0.2) is 0 Å². The van der Waals surface area contributed by atoms with Crippen LogP contribution < -0.4 is 14.4 Å². The van der Waals surface area contributed by atoms with E-state index in [1.165, 1.54) is 24.1 Å². The van der Waals surface area contributed by atoms with Crippen molar-refractivity contribution < 1.29 is 22.7 Å². The maximum Gasteiger partial charge on any atom is 0.264 e. The predicted molar refractivity (Wildman–Crippen MR) is 185 cm³/mol. The summed E-state index contributed by atoms with van der Waals surface area (Å²) in [6.45, 7) is 5.86. The molecule has 46 heavy (non-hydrogen) atoms. The second-order valence-corrected chi connectivity index (χ2v) is 14.3. The first-order valence-corrected chi connectivity index (χ1v) is 17.3. The lowest BCUT2D eigenvalue weighted by Crippen LogP contribution is -2.53. The monoisotopic (exact) mass is 705 g/mol. The van der Waals surface area contributed by atoms with Crippen molar-refractivity contribution in [2.45, 2.75) is 44.7 Å². The summed E-state index contributed by atoms with van der Waals surface area (Å²) >= 11 is 3.46. The van der Waals surface area contributed by atoms with Gasteiger partial charge in [-0.15, -0.1) is 0 Å². The van der Waals surface area contributed by atoms with Gasteiger partial charge in [0.25, 0.3) is 10.0 Å². The first-order chi connectivity index (χ1) is 22.0. The molecule has 0 heterocycles. The maximum absolute atomic E-state index is 14.6. The molecule has 0 aliphatic rings. The number of carbonyl (C=O) groups is 2. The summed E-state index contributed by atoms with van der Waals surface area (Å²) in [6.07, 6.45) is 0.247. The van der Waals surface area contributed by atoms with Gasteiger partial charge in [0, 0.05) is 30.0 Å². The van der Waals surface area contributed by atoms with E-state index in [0.717, 1.165) is 25.5 Å². The lowest BCUT2D eigenvalue weighted by atomic mass is 10.0. The van der Waals surface area contributed by atoms with Gasteiger partial charge < -0.3 is 15.0 Å². The Morgan fingerprint density at radius 3 is 2.17 bits per heavy atom. The van der Waals surface area contributed by atoms with E-state index in [2.05, 4.69) is 21.2 Å². The van der Waals surface area contributed by atoms with Crippen molar-refractivity contribution in [3.05, 3.63) is 124 Å². The lowest BCUT2D eigenvalue weighted by Gasteiger charge is -2.34. The quantitative estimate of drug-likeness (QED) is 0.164. The third kappa shape index (κ3) is 9.20. The van der Waals surface area contributed by atoms with E-state index in [4.69, 9.17) is 4.74 Å². The molecule has 4 aromatic carbocycles. The Balaban J connectivity index is 1.81. The number of methoxy groups -OCH3 is 1. The Bertz CT molecular complexity index is 1710. The first kappa shape index (κ1) is 34.7. The van der Waals surface area contributed by atoms with Gasteiger partial charge >= 0.3 is 0 Å². The summed E-state index contributed by atoms with van der Waals surface area (Å²) in [4.78, 5) is 30.0. The van der Waals surface area contributed by atoms with Crippen molar-refractivity contribution in [2.75, 3.05) is 24.5 Å². The molecule has 0 saturated heterocycles. The van der Waals surface area contributed by atoms with Gasteiger partial charge in [0.1, 0.15) is 18.3 Å². The largest absolute Gasteiger partial charge is 0.497 e. The molecule has 0 bridgehead atoms. The van der Waals surface area contributed by atoms with Crippen molar-refractivity contribution in [1.29, 1.82) is 0 Å². The number of ether oxygens (including phenoxy) is 1. The van der Waals surface area contributed by atoms with Crippen LogP contribution >= 0.6 is 15.9 Å². The number of anilines is 1. The summed E-state index contributed by atoms with van der Waals surface area (Å²) < 4.78 is 35.7. The van der Waals surface area contributed by atoms with Gasteiger partial charge in [-0.3, -0.25) is 13.9 Å². The summed E-state index contributed by atoms with van der Waals surface area (Å²) in [5.74, 6) is -0.199. The van der Waals surface area contributed by atoms with Crippen LogP contribution in [0.3, 0.4) is 0 Å². The third-order valence-electron chi connectivity index (χ3n) is 7.45. The van der Waals surface area contributed by atoms with Crippen LogP contribution in [0.4, 0.5) is 5.69 Å². The number of hydrogen-bond acceptors (Lipinski definition) is 5. The summed E-state index contributed by atoms with van der Waals surface area (Å²) in [5.41, 5.74) is 2.83. The zero-order valence-corrected chi connectivity index (χ0v) is 28.9. The Labute approximate surface area is 280 Å². The number of hydrogen-bond donors (Lipinski definition) is 1. The number of nitrogens with zero attached hydrogens (tertiary/aromatic N) is 2. The molecule has 1 atom stereocenters. The fourth-order valence-corrected chi connectivity index (χ4v) is 6.57. The van der Waals surface area contributed by atoms with Gasteiger partial charge in [0.2, 0.25) is 11.8 Å². The molecule has 1 N–H and O–H groups in total. The molecular weight excluding hydrogens is 666 g/mol. The van der Waals surface area contributed by atoms with Crippen molar-refractivity contribution >= 4 is 43.5 Å². The minimum Gasteiger partial charge on any atom is -0.497 e. The first-order valence-electron chi connectivity index (χ1n) is 15.1. The third-order valence-corrected chi connectivity index (χ3v) is 9.77. The van der Waals surface area contributed by atoms with Crippen molar-refractivity contribution in [1.82, 2.24) is 10.2 Å². The number of halogens is 1. The average Bonchev–Trinajstić information content (AvgIpc) is 3.05. The summed E-state index contributed by atoms with van der Waals surface area (Å²) in [6, 6.07) is 29.1. The van der Waals surface area contributed by atoms with Gasteiger partial charge in [-0.25, -0.2) is 8.42 Å². The van der Waals surface area contributed by atoms with E-state index >= 15 is 0 Å². The van der Waals surface area contributed by atoms with Crippen LogP contribution in [0, 0.1) is 12.8 Å². The Kier molecular flexibility index (Phi) is 12.0. The number of aryl methyl sites for hydroxylation is 1. The van der Waals surface area contributed by atoms with E-state index in [-0.39, 0.29) is 35.4 Å². The second-order valence-electron chi connectivity index (χ2n) is 11.5. The maximum atomic E-state index is 14.6. The Morgan fingerprint density at radius 1 is 0.870 bits per heavy atom. The van der Waals surface area contributed by atoms with Crippen LogP contribution in [0.2, 0.25) is 0 Å². The molecule has 0 unspecified atom stereocenters. The smallest absolute Gasteiger partial charge is 0.264 e. The van der Waals surface area contributed by atoms with Crippen LogP contribution in [0.1, 0.15) is 30.5 Å². The normalized spacial score (nSPS) is 12.0.